The van der Waals surface area contributed by atoms with Crippen molar-refractivity contribution in [2.45, 2.75) is 27.7 Å². The highest BCUT2D eigenvalue weighted by Crippen LogP contribution is 2.37. The summed E-state index contributed by atoms with van der Waals surface area (Å²) in [5.41, 5.74) is 16.5. The largest absolute Gasteiger partial charge is 0.508 e. The van der Waals surface area contributed by atoms with Gasteiger partial charge in [-0.25, -0.2) is 4.98 Å². The molecule has 0 atom stereocenters. The lowest BCUT2D eigenvalue weighted by Gasteiger charge is -2.08. The molecule has 0 unspecified atom stereocenters. The van der Waals surface area contributed by atoms with Crippen molar-refractivity contribution in [1.82, 2.24) is 9.97 Å². The van der Waals surface area contributed by atoms with Crippen LogP contribution in [-0.4, -0.2) is 15.1 Å². The van der Waals surface area contributed by atoms with E-state index < -0.39 is 0 Å². The molecule has 35 heavy (non-hydrogen) atoms. The number of aromatic hydroxyl groups is 1. The van der Waals surface area contributed by atoms with Crippen LogP contribution in [0.4, 0.5) is 11.4 Å². The molecule has 0 saturated carbocycles. The molecule has 2 aromatic heterocycles. The molecule has 0 spiro atoms. The minimum absolute atomic E-state index is 0.261. The summed E-state index contributed by atoms with van der Waals surface area (Å²) < 4.78 is 6.87. The average Bonchev–Trinajstić information content (AvgIpc) is 3.23. The summed E-state index contributed by atoms with van der Waals surface area (Å²) in [7, 11) is 0. The Balaban J connectivity index is 0.000000204. The number of benzene rings is 2. The number of phenols is 1. The number of anilines is 2. The zero-order chi connectivity index (χ0) is 26.4. The molecule has 0 aliphatic carbocycles. The van der Waals surface area contributed by atoms with Crippen molar-refractivity contribution in [1.29, 1.82) is 0 Å². The number of halogens is 5. The van der Waals surface area contributed by atoms with Gasteiger partial charge in [-0.15, -0.1) is 0 Å². The van der Waals surface area contributed by atoms with Gasteiger partial charge >= 0.3 is 0 Å². The van der Waals surface area contributed by atoms with Crippen LogP contribution in [0.15, 0.2) is 24.3 Å². The minimum atomic E-state index is 0.261. The third-order valence-corrected chi connectivity index (χ3v) is 7.85. The summed E-state index contributed by atoms with van der Waals surface area (Å²) in [6.45, 7) is 7.53. The number of hydrogen-bond donors (Lipinski definition) is 3. The number of hydrogen-bond acceptors (Lipinski definition) is 8. The average molecular weight is 615 g/mol. The molecule has 0 aliphatic rings. The quantitative estimate of drug-likeness (QED) is 0.154. The first-order valence-electron chi connectivity index (χ1n) is 9.67. The number of nitrogen functional groups attached to an aromatic ring is 2. The molecule has 188 valence electrons. The van der Waals surface area contributed by atoms with Gasteiger partial charge < -0.3 is 21.3 Å². The first kappa shape index (κ1) is 29.6. The molecule has 5 N–H and O–H groups in total. The van der Waals surface area contributed by atoms with Crippen LogP contribution in [0.3, 0.4) is 0 Å². The molecular weight excluding hydrogens is 594 g/mol. The zero-order valence-corrected chi connectivity index (χ0v) is 24.3. The van der Waals surface area contributed by atoms with Gasteiger partial charge in [0.2, 0.25) is 0 Å². The Hall–Kier alpha value is -1.65. The maximum atomic E-state index is 9.17. The third kappa shape index (κ3) is 8.75. The molecule has 13 heteroatoms. The number of rotatable bonds is 2. The summed E-state index contributed by atoms with van der Waals surface area (Å²) >= 11 is 30.2. The van der Waals surface area contributed by atoms with E-state index in [1.54, 1.807) is 12.1 Å². The van der Waals surface area contributed by atoms with E-state index in [9.17, 15) is 0 Å². The SMILES string of the molecule is Cc1cc(O)c(C)cc1N.Cc1cc(Oc2nc(Cl)c(Cl)s2)c(C)cc1N.Clc1nc(Cl)c(Cl)s1. The number of thiazole rings is 2. The molecule has 0 fully saturated rings. The van der Waals surface area contributed by atoms with Crippen LogP contribution in [-0.2, 0) is 0 Å². The molecule has 0 amide bonds. The van der Waals surface area contributed by atoms with E-state index in [0.29, 0.717) is 29.8 Å². The van der Waals surface area contributed by atoms with Gasteiger partial charge in [-0.05, 0) is 74.2 Å². The summed E-state index contributed by atoms with van der Waals surface area (Å²) in [6.07, 6.45) is 0. The maximum absolute atomic E-state index is 9.17. The van der Waals surface area contributed by atoms with Gasteiger partial charge in [0.15, 0.2) is 14.8 Å². The van der Waals surface area contributed by atoms with E-state index in [2.05, 4.69) is 9.97 Å². The molecule has 2 heterocycles. The fourth-order valence-electron chi connectivity index (χ4n) is 2.41. The van der Waals surface area contributed by atoms with Gasteiger partial charge in [0.1, 0.15) is 20.2 Å². The maximum Gasteiger partial charge on any atom is 0.281 e. The predicted octanol–water partition coefficient (Wildman–Crippen LogP) is 9.14. The van der Waals surface area contributed by atoms with E-state index >= 15 is 0 Å². The van der Waals surface area contributed by atoms with Crippen LogP contribution in [0.25, 0.3) is 0 Å². The minimum Gasteiger partial charge on any atom is -0.508 e. The second kappa shape index (κ2) is 13.1. The topological polar surface area (TPSA) is 107 Å². The Bertz CT molecular complexity index is 1240. The van der Waals surface area contributed by atoms with E-state index in [-0.39, 0.29) is 10.3 Å². The molecule has 4 rings (SSSR count). The van der Waals surface area contributed by atoms with Crippen molar-refractivity contribution in [3.05, 3.63) is 70.0 Å². The third-order valence-electron chi connectivity index (χ3n) is 4.40. The molecule has 6 nitrogen and oxygen atoms in total. The van der Waals surface area contributed by atoms with Gasteiger partial charge in [0, 0.05) is 11.4 Å². The number of aromatic nitrogens is 2. The van der Waals surface area contributed by atoms with Crippen molar-refractivity contribution >= 4 is 92.1 Å². The van der Waals surface area contributed by atoms with Crippen LogP contribution in [0.2, 0.25) is 23.4 Å². The second-order valence-electron chi connectivity index (χ2n) is 7.15. The molecule has 4 aromatic rings. The van der Waals surface area contributed by atoms with Crippen LogP contribution in [0.5, 0.6) is 16.7 Å². The first-order chi connectivity index (χ1) is 16.3. The lowest BCUT2D eigenvalue weighted by Crippen LogP contribution is -1.93. The van der Waals surface area contributed by atoms with Crippen molar-refractivity contribution < 1.29 is 9.84 Å². The first-order valence-corrected chi connectivity index (χ1v) is 13.2. The Morgan fingerprint density at radius 2 is 1.23 bits per heavy atom. The number of aryl methyl sites for hydroxylation is 4. The van der Waals surface area contributed by atoms with Gasteiger partial charge in [-0.3, -0.25) is 0 Å². The van der Waals surface area contributed by atoms with Crippen LogP contribution in [0.1, 0.15) is 22.3 Å². The molecular formula is C22H21Cl5N4O2S2. The normalized spacial score (nSPS) is 10.2. The van der Waals surface area contributed by atoms with E-state index in [1.165, 1.54) is 11.3 Å². The van der Waals surface area contributed by atoms with Crippen molar-refractivity contribution in [2.24, 2.45) is 0 Å². The van der Waals surface area contributed by atoms with Gasteiger partial charge in [-0.2, -0.15) is 4.98 Å². The van der Waals surface area contributed by atoms with Gasteiger partial charge in [0.05, 0.1) is 0 Å². The number of nitrogens with zero attached hydrogens (tertiary/aromatic N) is 2. The highest BCUT2D eigenvalue weighted by atomic mass is 35.5. The highest BCUT2D eigenvalue weighted by molar-refractivity contribution is 7.20. The summed E-state index contributed by atoms with van der Waals surface area (Å²) in [5.74, 6) is 1.02. The summed E-state index contributed by atoms with van der Waals surface area (Å²) in [4.78, 5) is 7.63. The van der Waals surface area contributed by atoms with Crippen LogP contribution < -0.4 is 16.2 Å². The number of ether oxygens (including phenoxy) is 1. The van der Waals surface area contributed by atoms with Crippen molar-refractivity contribution in [2.75, 3.05) is 11.5 Å². The van der Waals surface area contributed by atoms with Crippen molar-refractivity contribution in [3.8, 4) is 16.7 Å². The molecule has 0 radical (unpaired) electrons. The second-order valence-corrected chi connectivity index (χ2v) is 11.6. The molecule has 2 aromatic carbocycles. The van der Waals surface area contributed by atoms with Gasteiger partial charge in [-0.1, -0.05) is 80.7 Å². The Morgan fingerprint density at radius 3 is 1.66 bits per heavy atom. The standard InChI is InChI=1S/C11H10Cl2N2OS.C8H11NO.C3Cl3NS/c1-5-4-8(6(2)3-7(5)14)16-11-15-9(12)10(13)17-11;1-5-4-8(10)6(2)3-7(5)9;4-1-2(5)8-3(6)7-1/h3-4H,14H2,1-2H3;3-4,10H,9H2,1-2H3;. The smallest absolute Gasteiger partial charge is 0.281 e. The number of phenolic OH excluding ortho intramolecular Hbond substituents is 1. The lowest BCUT2D eigenvalue weighted by molar-refractivity contribution is 0.471. The summed E-state index contributed by atoms with van der Waals surface area (Å²) in [5, 5.41) is 10.1. The Labute approximate surface area is 236 Å². The lowest BCUT2D eigenvalue weighted by atomic mass is 10.1. The van der Waals surface area contributed by atoms with Crippen LogP contribution >= 0.6 is 80.7 Å². The highest BCUT2D eigenvalue weighted by Gasteiger charge is 2.11. The van der Waals surface area contributed by atoms with E-state index in [4.69, 9.17) is 79.3 Å². The Morgan fingerprint density at radius 1 is 0.714 bits per heavy atom. The monoisotopic (exact) mass is 612 g/mol. The van der Waals surface area contributed by atoms with E-state index in [0.717, 1.165) is 45.0 Å². The predicted molar refractivity (Wildman–Crippen MR) is 152 cm³/mol. The summed E-state index contributed by atoms with van der Waals surface area (Å²) in [6, 6.07) is 7.17. The molecule has 0 bridgehead atoms. The van der Waals surface area contributed by atoms with Crippen LogP contribution in [0, 0.1) is 27.7 Å². The Kier molecular flexibility index (Phi) is 11.0. The fourth-order valence-corrected chi connectivity index (χ4v) is 4.85. The zero-order valence-electron chi connectivity index (χ0n) is 18.9. The fraction of sp³-hybridized carbons (Fsp3) is 0.182. The van der Waals surface area contributed by atoms with Gasteiger partial charge in [0.25, 0.3) is 5.19 Å². The molecule has 0 aliphatic heterocycles. The van der Waals surface area contributed by atoms with Crippen molar-refractivity contribution in [3.63, 3.8) is 0 Å². The number of nitrogens with two attached hydrogens (primary N) is 2. The molecule has 0 saturated heterocycles. The van der Waals surface area contributed by atoms with E-state index in [1.807, 2.05) is 39.8 Å².